The number of hydrogen-bond donors (Lipinski definition) is 2. The lowest BCUT2D eigenvalue weighted by Gasteiger charge is -2.05. The number of fused-ring (bicyclic) bond motifs is 1. The molecule has 96 valence electrons. The van der Waals surface area contributed by atoms with Gasteiger partial charge in [0.1, 0.15) is 0 Å². The highest BCUT2D eigenvalue weighted by atomic mass is 32.1. The van der Waals surface area contributed by atoms with Gasteiger partial charge in [0.25, 0.3) is 0 Å². The van der Waals surface area contributed by atoms with E-state index in [9.17, 15) is 0 Å². The number of hydrogen-bond acceptors (Lipinski definition) is 5. The van der Waals surface area contributed by atoms with E-state index in [0.717, 1.165) is 33.8 Å². The van der Waals surface area contributed by atoms with E-state index in [2.05, 4.69) is 27.4 Å². The topological polar surface area (TPSA) is 63.8 Å². The second-order valence-corrected chi connectivity index (χ2v) is 5.05. The Labute approximate surface area is 115 Å². The lowest BCUT2D eigenvalue weighted by atomic mass is 10.2. The van der Waals surface area contributed by atoms with Crippen LogP contribution in [0.3, 0.4) is 0 Å². The van der Waals surface area contributed by atoms with E-state index in [0.29, 0.717) is 6.54 Å². The number of para-hydroxylation sites is 1. The van der Waals surface area contributed by atoms with Crippen molar-refractivity contribution in [3.05, 3.63) is 47.6 Å². The third-order valence-corrected chi connectivity index (χ3v) is 3.63. The van der Waals surface area contributed by atoms with Gasteiger partial charge in [0.05, 0.1) is 16.9 Å². The van der Waals surface area contributed by atoms with Crippen LogP contribution in [0.5, 0.6) is 0 Å². The second kappa shape index (κ2) is 5.34. The minimum absolute atomic E-state index is 0.624. The van der Waals surface area contributed by atoms with Gasteiger partial charge in [-0.3, -0.25) is 4.98 Å². The average Bonchev–Trinajstić information content (AvgIpc) is 2.87. The minimum Gasteiger partial charge on any atom is -0.330 e. The number of rotatable bonds is 4. The quantitative estimate of drug-likeness (QED) is 0.765. The molecule has 3 aromatic rings. The van der Waals surface area contributed by atoms with Gasteiger partial charge in [-0.1, -0.05) is 18.2 Å². The van der Waals surface area contributed by atoms with E-state index >= 15 is 0 Å². The van der Waals surface area contributed by atoms with Gasteiger partial charge in [0, 0.05) is 23.4 Å². The highest BCUT2D eigenvalue weighted by Gasteiger charge is 2.05. The zero-order valence-corrected chi connectivity index (χ0v) is 11.2. The summed E-state index contributed by atoms with van der Waals surface area (Å²) in [7, 11) is 0. The maximum Gasteiger partial charge on any atom is 0.187 e. The molecule has 0 aliphatic rings. The third kappa shape index (κ3) is 2.57. The Morgan fingerprint density at radius 2 is 2.11 bits per heavy atom. The fourth-order valence-electron chi connectivity index (χ4n) is 1.95. The Balaban J connectivity index is 1.92. The lowest BCUT2D eigenvalue weighted by Crippen LogP contribution is -2.02. The molecule has 5 heteroatoms. The van der Waals surface area contributed by atoms with E-state index < -0.39 is 0 Å². The predicted molar refractivity (Wildman–Crippen MR) is 79.9 cm³/mol. The van der Waals surface area contributed by atoms with Crippen LogP contribution in [0.15, 0.2) is 41.9 Å². The van der Waals surface area contributed by atoms with Crippen LogP contribution in [0.4, 0.5) is 10.8 Å². The smallest absolute Gasteiger partial charge is 0.187 e. The molecule has 1 aromatic carbocycles. The first-order valence-corrected chi connectivity index (χ1v) is 7.00. The fraction of sp³-hybridized carbons (Fsp3) is 0.143. The molecule has 0 spiro atoms. The normalized spacial score (nSPS) is 10.8. The van der Waals surface area contributed by atoms with Gasteiger partial charge in [-0.25, -0.2) is 4.98 Å². The molecule has 0 unspecified atom stereocenters. The maximum atomic E-state index is 5.53. The van der Waals surface area contributed by atoms with Crippen LogP contribution in [-0.2, 0) is 6.42 Å². The molecule has 0 fully saturated rings. The summed E-state index contributed by atoms with van der Waals surface area (Å²) in [5.74, 6) is 0. The Kier molecular flexibility index (Phi) is 3.39. The fourth-order valence-corrected chi connectivity index (χ4v) is 2.70. The number of benzene rings is 1. The zero-order valence-electron chi connectivity index (χ0n) is 10.3. The molecule has 0 bridgehead atoms. The van der Waals surface area contributed by atoms with Crippen molar-refractivity contribution in [3.8, 4) is 0 Å². The van der Waals surface area contributed by atoms with Crippen LogP contribution in [-0.4, -0.2) is 16.5 Å². The van der Waals surface area contributed by atoms with Crippen LogP contribution in [0, 0.1) is 0 Å². The Morgan fingerprint density at radius 1 is 1.21 bits per heavy atom. The molecule has 3 rings (SSSR count). The number of nitrogens with one attached hydrogen (secondary N) is 1. The van der Waals surface area contributed by atoms with E-state index in [1.165, 1.54) is 0 Å². The molecule has 4 nitrogen and oxygen atoms in total. The van der Waals surface area contributed by atoms with Crippen molar-refractivity contribution in [2.75, 3.05) is 11.9 Å². The number of nitrogens with two attached hydrogens (primary N) is 1. The largest absolute Gasteiger partial charge is 0.330 e. The molecular weight excluding hydrogens is 256 g/mol. The minimum atomic E-state index is 0.624. The monoisotopic (exact) mass is 270 g/mol. The SMILES string of the molecule is NCCc1csc(Nc2cccc3cccnc23)n1. The first-order valence-electron chi connectivity index (χ1n) is 6.12. The van der Waals surface area contributed by atoms with Crippen molar-refractivity contribution in [1.29, 1.82) is 0 Å². The number of aromatic nitrogens is 2. The summed E-state index contributed by atoms with van der Waals surface area (Å²) in [6.07, 6.45) is 2.61. The first-order chi connectivity index (χ1) is 9.36. The van der Waals surface area contributed by atoms with Crippen LogP contribution < -0.4 is 11.1 Å². The highest BCUT2D eigenvalue weighted by Crippen LogP contribution is 2.26. The highest BCUT2D eigenvalue weighted by molar-refractivity contribution is 7.13. The standard InChI is InChI=1S/C14H14N4S/c15-7-6-11-9-19-14(17-11)18-12-5-1-3-10-4-2-8-16-13(10)12/h1-5,8-9H,6-7,15H2,(H,17,18). The molecule has 3 N–H and O–H groups in total. The summed E-state index contributed by atoms with van der Waals surface area (Å²) in [6.45, 7) is 0.624. The second-order valence-electron chi connectivity index (χ2n) is 4.19. The van der Waals surface area contributed by atoms with Crippen LogP contribution in [0.1, 0.15) is 5.69 Å². The Bertz CT molecular complexity index is 687. The van der Waals surface area contributed by atoms with Gasteiger partial charge >= 0.3 is 0 Å². The Morgan fingerprint density at radius 3 is 3.00 bits per heavy atom. The summed E-state index contributed by atoms with van der Waals surface area (Å²) in [5, 5.41) is 7.36. The van der Waals surface area contributed by atoms with Gasteiger partial charge in [-0.2, -0.15) is 0 Å². The molecule has 0 amide bonds. The Hall–Kier alpha value is -1.98. The molecule has 0 atom stereocenters. The van der Waals surface area contributed by atoms with Crippen molar-refractivity contribution in [2.24, 2.45) is 5.73 Å². The summed E-state index contributed by atoms with van der Waals surface area (Å²) >= 11 is 1.59. The number of nitrogens with zero attached hydrogens (tertiary/aromatic N) is 2. The molecule has 2 heterocycles. The van der Waals surface area contributed by atoms with E-state index in [1.54, 1.807) is 17.5 Å². The van der Waals surface area contributed by atoms with Crippen LogP contribution >= 0.6 is 11.3 Å². The van der Waals surface area contributed by atoms with Gasteiger partial charge < -0.3 is 11.1 Å². The van der Waals surface area contributed by atoms with Crippen LogP contribution in [0.2, 0.25) is 0 Å². The maximum absolute atomic E-state index is 5.53. The van der Waals surface area contributed by atoms with E-state index in [1.807, 2.05) is 23.6 Å². The molecule has 0 saturated carbocycles. The number of thiazole rings is 1. The molecule has 19 heavy (non-hydrogen) atoms. The third-order valence-electron chi connectivity index (χ3n) is 2.83. The lowest BCUT2D eigenvalue weighted by molar-refractivity contribution is 0.936. The zero-order chi connectivity index (χ0) is 13.1. The van der Waals surface area contributed by atoms with Crippen molar-refractivity contribution in [2.45, 2.75) is 6.42 Å². The average molecular weight is 270 g/mol. The molecule has 0 aliphatic heterocycles. The van der Waals surface area contributed by atoms with E-state index in [-0.39, 0.29) is 0 Å². The summed E-state index contributed by atoms with van der Waals surface area (Å²) in [6, 6.07) is 10.1. The molecule has 0 radical (unpaired) electrons. The van der Waals surface area contributed by atoms with Crippen molar-refractivity contribution in [1.82, 2.24) is 9.97 Å². The summed E-state index contributed by atoms with van der Waals surface area (Å²) < 4.78 is 0. The molecule has 2 aromatic heterocycles. The molecular formula is C14H14N4S. The number of anilines is 2. The molecule has 0 saturated heterocycles. The van der Waals surface area contributed by atoms with E-state index in [4.69, 9.17) is 5.73 Å². The van der Waals surface area contributed by atoms with Gasteiger partial charge in [0.2, 0.25) is 0 Å². The van der Waals surface area contributed by atoms with Gasteiger partial charge in [-0.05, 0) is 18.7 Å². The first kappa shape index (κ1) is 12.1. The summed E-state index contributed by atoms with van der Waals surface area (Å²) in [5.41, 5.74) is 8.50. The van der Waals surface area contributed by atoms with Crippen molar-refractivity contribution >= 4 is 33.1 Å². The number of pyridine rings is 1. The van der Waals surface area contributed by atoms with Crippen molar-refractivity contribution < 1.29 is 0 Å². The van der Waals surface area contributed by atoms with Crippen molar-refractivity contribution in [3.63, 3.8) is 0 Å². The van der Waals surface area contributed by atoms with Gasteiger partial charge in [-0.15, -0.1) is 11.3 Å². The van der Waals surface area contributed by atoms with Crippen LogP contribution in [0.25, 0.3) is 10.9 Å². The summed E-state index contributed by atoms with van der Waals surface area (Å²) in [4.78, 5) is 8.92. The van der Waals surface area contributed by atoms with Gasteiger partial charge in [0.15, 0.2) is 5.13 Å². The molecule has 0 aliphatic carbocycles. The predicted octanol–water partition coefficient (Wildman–Crippen LogP) is 2.94.